The van der Waals surface area contributed by atoms with Crippen molar-refractivity contribution in [2.75, 3.05) is 10.8 Å². The van der Waals surface area contributed by atoms with Crippen molar-refractivity contribution in [1.82, 2.24) is 4.98 Å². The van der Waals surface area contributed by atoms with Crippen molar-refractivity contribution in [2.24, 2.45) is 5.92 Å². The largest absolute Gasteiger partial charge is 0.487 e. The zero-order chi connectivity index (χ0) is 24.9. The molecule has 1 aromatic heterocycles. The molecular formula is C27H30N2O4S2. The summed E-state index contributed by atoms with van der Waals surface area (Å²) < 4.78 is 22.5. The minimum Gasteiger partial charge on any atom is -0.487 e. The first-order chi connectivity index (χ1) is 16.8. The predicted octanol–water partition coefficient (Wildman–Crippen LogP) is 5.80. The first kappa shape index (κ1) is 25.1. The smallest absolute Gasteiger partial charge is 0.328 e. The Hall–Kier alpha value is -2.97. The van der Waals surface area contributed by atoms with Crippen molar-refractivity contribution in [2.45, 2.75) is 51.0 Å². The van der Waals surface area contributed by atoms with E-state index in [2.05, 4.69) is 31.0 Å². The van der Waals surface area contributed by atoms with Gasteiger partial charge >= 0.3 is 5.97 Å². The van der Waals surface area contributed by atoms with Crippen LogP contribution in [-0.2, 0) is 35.2 Å². The number of aryl methyl sites for hydroxylation is 3. The van der Waals surface area contributed by atoms with Crippen molar-refractivity contribution in [3.8, 4) is 5.75 Å². The van der Waals surface area contributed by atoms with Crippen molar-refractivity contribution >= 4 is 40.1 Å². The molecule has 0 saturated carbocycles. The minimum atomic E-state index is -1.43. The van der Waals surface area contributed by atoms with Crippen LogP contribution in [0.3, 0.4) is 0 Å². The Bertz CT molecular complexity index is 1250. The predicted molar refractivity (Wildman–Crippen MR) is 141 cm³/mol. The van der Waals surface area contributed by atoms with Crippen molar-refractivity contribution < 1.29 is 18.8 Å². The lowest BCUT2D eigenvalue weighted by Gasteiger charge is -2.27. The molecule has 35 heavy (non-hydrogen) atoms. The van der Waals surface area contributed by atoms with Gasteiger partial charge in [-0.25, -0.2) is 14.0 Å². The van der Waals surface area contributed by atoms with E-state index in [9.17, 15) is 9.00 Å². The molecule has 4 rings (SSSR count). The van der Waals surface area contributed by atoms with Gasteiger partial charge in [-0.05, 0) is 72.6 Å². The number of fused-ring (bicyclic) bond motifs is 1. The first-order valence-electron chi connectivity index (χ1n) is 11.7. The molecule has 0 spiro atoms. The molecule has 1 aliphatic rings. The number of carbonyl (C=O) groups is 1. The molecule has 0 amide bonds. The number of anilines is 1. The van der Waals surface area contributed by atoms with Crippen LogP contribution >= 0.6 is 11.3 Å². The van der Waals surface area contributed by atoms with Crippen LogP contribution < -0.4 is 9.04 Å². The second-order valence-electron chi connectivity index (χ2n) is 9.10. The molecule has 0 bridgehead atoms. The summed E-state index contributed by atoms with van der Waals surface area (Å²) in [5.74, 6) is 0.0492. The third kappa shape index (κ3) is 6.38. The summed E-state index contributed by atoms with van der Waals surface area (Å²) in [4.78, 5) is 15.2. The Labute approximate surface area is 212 Å². The van der Waals surface area contributed by atoms with Gasteiger partial charge in [0.2, 0.25) is 4.34 Å². The molecule has 6 nitrogen and oxygen atoms in total. The number of carboxylic acid groups (broad SMARTS) is 1. The first-order valence-corrected chi connectivity index (χ1v) is 13.7. The highest BCUT2D eigenvalue weighted by Crippen LogP contribution is 2.38. The quantitative estimate of drug-likeness (QED) is 0.349. The van der Waals surface area contributed by atoms with E-state index in [1.165, 1.54) is 22.5 Å². The number of aromatic nitrogens is 1. The number of hydrogen-bond acceptors (Lipinski definition) is 5. The van der Waals surface area contributed by atoms with E-state index in [0.29, 0.717) is 23.4 Å². The van der Waals surface area contributed by atoms with Crippen LogP contribution in [0.4, 0.5) is 5.69 Å². The van der Waals surface area contributed by atoms with Crippen LogP contribution in [0.5, 0.6) is 5.75 Å². The lowest BCUT2D eigenvalue weighted by molar-refractivity contribution is -0.131. The molecule has 0 saturated heterocycles. The Morgan fingerprint density at radius 2 is 1.94 bits per heavy atom. The van der Waals surface area contributed by atoms with Crippen LogP contribution in [0, 0.1) is 12.8 Å². The van der Waals surface area contributed by atoms with Crippen molar-refractivity contribution in [3.63, 3.8) is 0 Å². The molecule has 0 fully saturated rings. The molecule has 8 heteroatoms. The molecule has 2 aromatic carbocycles. The topological polar surface area (TPSA) is 79.7 Å². The van der Waals surface area contributed by atoms with Crippen LogP contribution in [0.2, 0.25) is 0 Å². The molecule has 184 valence electrons. The molecule has 1 N–H and O–H groups in total. The van der Waals surface area contributed by atoms with E-state index in [1.54, 1.807) is 6.08 Å². The van der Waals surface area contributed by atoms with Gasteiger partial charge in [-0.1, -0.05) is 38.1 Å². The third-order valence-electron chi connectivity index (χ3n) is 5.71. The van der Waals surface area contributed by atoms with Gasteiger partial charge in [0, 0.05) is 23.7 Å². The van der Waals surface area contributed by atoms with E-state index >= 15 is 0 Å². The minimum absolute atomic E-state index is 0.299. The van der Waals surface area contributed by atoms with Gasteiger partial charge in [-0.3, -0.25) is 4.31 Å². The number of nitrogens with zero attached hydrogens (tertiary/aromatic N) is 2. The highest BCUT2D eigenvalue weighted by molar-refractivity contribution is 7.88. The number of rotatable bonds is 10. The molecular weight excluding hydrogens is 480 g/mol. The van der Waals surface area contributed by atoms with Gasteiger partial charge in [0.25, 0.3) is 0 Å². The standard InChI is InChI=1S/C27H30N2O4S2/c1-18(2)15-29(35(32)27-28-19(3)17-34-27)24-13-22-5-4-6-23(22)14-25(24)33-16-21-9-7-20(8-10-21)11-12-26(30)31/h7-14,17-18H,4-6,15-16H2,1-3H3,(H,30,31)/b12-11+. The van der Waals surface area contributed by atoms with Gasteiger partial charge < -0.3 is 9.84 Å². The molecule has 0 aliphatic heterocycles. The lowest BCUT2D eigenvalue weighted by atomic mass is 10.1. The Balaban J connectivity index is 1.63. The number of aliphatic carboxylic acids is 1. The molecule has 1 aliphatic carbocycles. The lowest BCUT2D eigenvalue weighted by Crippen LogP contribution is -2.30. The summed E-state index contributed by atoms with van der Waals surface area (Å²) in [6.45, 7) is 7.12. The zero-order valence-electron chi connectivity index (χ0n) is 20.2. The highest BCUT2D eigenvalue weighted by atomic mass is 32.2. The van der Waals surface area contributed by atoms with Gasteiger partial charge in [0.15, 0.2) is 11.0 Å². The molecule has 1 unspecified atom stereocenters. The Kier molecular flexibility index (Phi) is 8.03. The normalized spacial score (nSPS) is 13.8. The fraction of sp³-hybridized carbons (Fsp3) is 0.333. The molecule has 1 heterocycles. The highest BCUT2D eigenvalue weighted by Gasteiger charge is 2.26. The van der Waals surface area contributed by atoms with Gasteiger partial charge in [0.1, 0.15) is 12.4 Å². The number of thiazole rings is 1. The average molecular weight is 511 g/mol. The van der Waals surface area contributed by atoms with E-state index in [4.69, 9.17) is 9.84 Å². The van der Waals surface area contributed by atoms with Gasteiger partial charge in [0.05, 0.1) is 5.69 Å². The monoisotopic (exact) mass is 510 g/mol. The summed E-state index contributed by atoms with van der Waals surface area (Å²) in [6, 6.07) is 11.9. The molecule has 0 radical (unpaired) electrons. The van der Waals surface area contributed by atoms with Crippen LogP contribution in [0.25, 0.3) is 6.08 Å². The van der Waals surface area contributed by atoms with Gasteiger partial charge in [-0.15, -0.1) is 11.3 Å². The SMILES string of the molecule is Cc1csc(S(=O)N(CC(C)C)c2cc3c(cc2OCc2ccc(/C=C/C(=O)O)cc2)CCC3)n1. The summed E-state index contributed by atoms with van der Waals surface area (Å²) in [5, 5.41) is 10.7. The summed E-state index contributed by atoms with van der Waals surface area (Å²) >= 11 is 1.42. The number of ether oxygens (including phenoxy) is 1. The maximum Gasteiger partial charge on any atom is 0.328 e. The second kappa shape index (κ2) is 11.2. The van der Waals surface area contributed by atoms with E-state index in [0.717, 1.165) is 53.6 Å². The maximum absolute atomic E-state index is 13.6. The second-order valence-corrected chi connectivity index (χ2v) is 11.5. The van der Waals surface area contributed by atoms with Crippen LogP contribution in [0.15, 0.2) is 52.2 Å². The summed E-state index contributed by atoms with van der Waals surface area (Å²) in [5.41, 5.74) is 6.07. The fourth-order valence-corrected chi connectivity index (χ4v) is 6.48. The Morgan fingerprint density at radius 3 is 2.57 bits per heavy atom. The maximum atomic E-state index is 13.6. The average Bonchev–Trinajstić information content (AvgIpc) is 3.47. The van der Waals surface area contributed by atoms with Crippen LogP contribution in [0.1, 0.15) is 48.2 Å². The van der Waals surface area contributed by atoms with E-state index < -0.39 is 17.0 Å². The van der Waals surface area contributed by atoms with Gasteiger partial charge in [-0.2, -0.15) is 0 Å². The number of benzene rings is 2. The number of carboxylic acids is 1. The van der Waals surface area contributed by atoms with Crippen LogP contribution in [-0.4, -0.2) is 26.8 Å². The third-order valence-corrected chi connectivity index (χ3v) is 8.32. The zero-order valence-corrected chi connectivity index (χ0v) is 21.8. The Morgan fingerprint density at radius 1 is 1.23 bits per heavy atom. The van der Waals surface area contributed by atoms with E-state index in [-0.39, 0.29) is 0 Å². The van der Waals surface area contributed by atoms with Crippen molar-refractivity contribution in [3.05, 3.63) is 75.8 Å². The van der Waals surface area contributed by atoms with E-state index in [1.807, 2.05) is 40.9 Å². The number of hydrogen-bond donors (Lipinski definition) is 1. The summed E-state index contributed by atoms with van der Waals surface area (Å²) in [6.07, 6.45) is 5.84. The molecule has 1 atom stereocenters. The molecule has 3 aromatic rings. The fourth-order valence-electron chi connectivity index (χ4n) is 4.05. The summed E-state index contributed by atoms with van der Waals surface area (Å²) in [7, 11) is -1.43. The van der Waals surface area contributed by atoms with Crippen molar-refractivity contribution in [1.29, 1.82) is 0 Å².